The van der Waals surface area contributed by atoms with Gasteiger partial charge in [-0.1, -0.05) is 13.8 Å². The van der Waals surface area contributed by atoms with Crippen LogP contribution in [-0.4, -0.2) is 19.8 Å². The van der Waals surface area contributed by atoms with Gasteiger partial charge < -0.3 is 10.1 Å². The Morgan fingerprint density at radius 2 is 2.19 bits per heavy atom. The molecule has 0 bridgehead atoms. The molecule has 2 nitrogen and oxygen atoms in total. The molecule has 5 heteroatoms. The Morgan fingerprint density at radius 3 is 2.75 bits per heavy atom. The monoisotopic (exact) mass is 369 g/mol. The van der Waals surface area contributed by atoms with E-state index in [1.807, 2.05) is 0 Å². The standard InChI is InChI=1S/C11H17Br2NOS/c1-8(2)7-15-4-3-14-6-9-5-10(12)11(13)16-9/h5,8,14H,3-4,6-7H2,1-2H3. The molecule has 0 aliphatic carbocycles. The fraction of sp³-hybridized carbons (Fsp3) is 0.636. The maximum absolute atomic E-state index is 5.48. The molecule has 0 aliphatic heterocycles. The number of hydrogen-bond acceptors (Lipinski definition) is 3. The van der Waals surface area contributed by atoms with Gasteiger partial charge in [0.1, 0.15) is 0 Å². The zero-order valence-electron chi connectivity index (χ0n) is 9.56. The summed E-state index contributed by atoms with van der Waals surface area (Å²) in [5, 5.41) is 3.36. The minimum absolute atomic E-state index is 0.615. The number of rotatable bonds is 7. The van der Waals surface area contributed by atoms with Gasteiger partial charge in [0.25, 0.3) is 0 Å². The van der Waals surface area contributed by atoms with Gasteiger partial charge in [-0.3, -0.25) is 0 Å². The van der Waals surface area contributed by atoms with E-state index in [4.69, 9.17) is 4.74 Å². The molecule has 0 unspecified atom stereocenters. The van der Waals surface area contributed by atoms with E-state index in [1.54, 1.807) is 11.3 Å². The van der Waals surface area contributed by atoms with Crippen LogP contribution >= 0.6 is 43.2 Å². The van der Waals surface area contributed by atoms with Crippen LogP contribution in [-0.2, 0) is 11.3 Å². The molecule has 0 aromatic carbocycles. The number of thiophene rings is 1. The van der Waals surface area contributed by atoms with Crippen molar-refractivity contribution in [3.63, 3.8) is 0 Å². The third-order valence-corrected chi connectivity index (χ3v) is 5.13. The lowest BCUT2D eigenvalue weighted by Crippen LogP contribution is -2.19. The molecule has 0 amide bonds. The molecular formula is C11H17Br2NOS. The summed E-state index contributed by atoms with van der Waals surface area (Å²) in [7, 11) is 0. The largest absolute Gasteiger partial charge is 0.380 e. The van der Waals surface area contributed by atoms with Gasteiger partial charge in [0.15, 0.2) is 0 Å². The average molecular weight is 371 g/mol. The fourth-order valence-corrected chi connectivity index (χ4v) is 3.30. The van der Waals surface area contributed by atoms with Crippen LogP contribution in [0.4, 0.5) is 0 Å². The van der Waals surface area contributed by atoms with Gasteiger partial charge in [-0.25, -0.2) is 0 Å². The van der Waals surface area contributed by atoms with Gasteiger partial charge >= 0.3 is 0 Å². The Labute approximate surface area is 118 Å². The van der Waals surface area contributed by atoms with E-state index in [-0.39, 0.29) is 0 Å². The second-order valence-electron chi connectivity index (χ2n) is 3.98. The molecule has 0 aliphatic rings. The van der Waals surface area contributed by atoms with Gasteiger partial charge in [0.05, 0.1) is 10.4 Å². The third kappa shape index (κ3) is 5.77. The highest BCUT2D eigenvalue weighted by molar-refractivity contribution is 9.13. The van der Waals surface area contributed by atoms with Crippen molar-refractivity contribution in [2.45, 2.75) is 20.4 Å². The van der Waals surface area contributed by atoms with Crippen molar-refractivity contribution < 1.29 is 4.74 Å². The maximum Gasteiger partial charge on any atom is 0.0843 e. The van der Waals surface area contributed by atoms with Crippen LogP contribution in [0.2, 0.25) is 0 Å². The van der Waals surface area contributed by atoms with Gasteiger partial charge in [-0.05, 0) is 43.8 Å². The lowest BCUT2D eigenvalue weighted by Gasteiger charge is -2.07. The molecule has 16 heavy (non-hydrogen) atoms. The SMILES string of the molecule is CC(C)COCCNCc1cc(Br)c(Br)s1. The van der Waals surface area contributed by atoms with Gasteiger partial charge in [-0.2, -0.15) is 0 Å². The van der Waals surface area contributed by atoms with E-state index in [0.29, 0.717) is 5.92 Å². The predicted molar refractivity (Wildman–Crippen MR) is 77.1 cm³/mol. The summed E-state index contributed by atoms with van der Waals surface area (Å²) in [6.45, 7) is 7.76. The van der Waals surface area contributed by atoms with E-state index in [0.717, 1.165) is 34.6 Å². The van der Waals surface area contributed by atoms with Gasteiger partial charge in [0.2, 0.25) is 0 Å². The zero-order chi connectivity index (χ0) is 12.0. The van der Waals surface area contributed by atoms with Gasteiger partial charge in [0, 0.05) is 29.0 Å². The Kier molecular flexibility index (Phi) is 7.16. The summed E-state index contributed by atoms with van der Waals surface area (Å²) >= 11 is 8.71. The van der Waals surface area contributed by atoms with Crippen molar-refractivity contribution in [1.82, 2.24) is 5.32 Å². The van der Waals surface area contributed by atoms with Crippen LogP contribution in [0.1, 0.15) is 18.7 Å². The third-order valence-electron chi connectivity index (χ3n) is 1.87. The summed E-state index contributed by atoms with van der Waals surface area (Å²) in [4.78, 5) is 1.32. The van der Waals surface area contributed by atoms with Crippen molar-refractivity contribution in [3.8, 4) is 0 Å². The number of ether oxygens (including phenoxy) is 1. The summed E-state index contributed by atoms with van der Waals surface area (Å²) in [6.07, 6.45) is 0. The predicted octanol–water partition coefficient (Wildman–Crippen LogP) is 4.04. The summed E-state index contributed by atoms with van der Waals surface area (Å²) < 4.78 is 7.77. The maximum atomic E-state index is 5.48. The lowest BCUT2D eigenvalue weighted by molar-refractivity contribution is 0.111. The van der Waals surface area contributed by atoms with Crippen LogP contribution in [0.25, 0.3) is 0 Å². The van der Waals surface area contributed by atoms with Crippen molar-refractivity contribution >= 4 is 43.2 Å². The summed E-state index contributed by atoms with van der Waals surface area (Å²) in [5.74, 6) is 0.615. The highest BCUT2D eigenvalue weighted by Crippen LogP contribution is 2.32. The quantitative estimate of drug-likeness (QED) is 0.731. The second-order valence-corrected chi connectivity index (χ2v) is 7.29. The van der Waals surface area contributed by atoms with Crippen molar-refractivity contribution in [3.05, 3.63) is 19.2 Å². The minimum atomic E-state index is 0.615. The Bertz CT molecular complexity index is 295. The van der Waals surface area contributed by atoms with E-state index in [9.17, 15) is 0 Å². The van der Waals surface area contributed by atoms with Crippen LogP contribution in [0.5, 0.6) is 0 Å². The Balaban J connectivity index is 2.07. The number of nitrogens with one attached hydrogen (secondary N) is 1. The molecule has 0 spiro atoms. The molecule has 92 valence electrons. The van der Waals surface area contributed by atoms with Crippen molar-refractivity contribution in [2.75, 3.05) is 19.8 Å². The fourth-order valence-electron chi connectivity index (χ4n) is 1.15. The van der Waals surface area contributed by atoms with Crippen LogP contribution < -0.4 is 5.32 Å². The number of hydrogen-bond donors (Lipinski definition) is 1. The molecular weight excluding hydrogens is 354 g/mol. The topological polar surface area (TPSA) is 21.3 Å². The van der Waals surface area contributed by atoms with Crippen LogP contribution in [0, 0.1) is 5.92 Å². The van der Waals surface area contributed by atoms with E-state index in [1.165, 1.54) is 4.88 Å². The molecule has 0 fully saturated rings. The second kappa shape index (κ2) is 7.82. The van der Waals surface area contributed by atoms with Crippen molar-refractivity contribution in [1.29, 1.82) is 0 Å². The van der Waals surface area contributed by atoms with Crippen LogP contribution in [0.3, 0.4) is 0 Å². The lowest BCUT2D eigenvalue weighted by atomic mass is 10.2. The normalized spacial score (nSPS) is 11.3. The first-order valence-corrected chi connectivity index (χ1v) is 7.72. The molecule has 0 saturated carbocycles. The van der Waals surface area contributed by atoms with E-state index >= 15 is 0 Å². The smallest absolute Gasteiger partial charge is 0.0843 e. The number of halogens is 2. The molecule has 1 heterocycles. The molecule has 1 aromatic rings. The van der Waals surface area contributed by atoms with E-state index in [2.05, 4.69) is 57.1 Å². The zero-order valence-corrected chi connectivity index (χ0v) is 13.5. The molecule has 0 radical (unpaired) electrons. The van der Waals surface area contributed by atoms with Crippen molar-refractivity contribution in [2.24, 2.45) is 5.92 Å². The first-order chi connectivity index (χ1) is 7.59. The van der Waals surface area contributed by atoms with Gasteiger partial charge in [-0.15, -0.1) is 11.3 Å². The van der Waals surface area contributed by atoms with Crippen LogP contribution in [0.15, 0.2) is 14.3 Å². The van der Waals surface area contributed by atoms with E-state index < -0.39 is 0 Å². The molecule has 1 aromatic heterocycles. The Morgan fingerprint density at radius 1 is 1.44 bits per heavy atom. The summed E-state index contributed by atoms with van der Waals surface area (Å²) in [5.41, 5.74) is 0. The molecule has 1 rings (SSSR count). The highest BCUT2D eigenvalue weighted by Gasteiger charge is 2.03. The molecule has 1 N–H and O–H groups in total. The summed E-state index contributed by atoms with van der Waals surface area (Å²) in [6, 6.07) is 2.14. The molecule has 0 saturated heterocycles. The molecule has 0 atom stereocenters. The average Bonchev–Trinajstić information content (AvgIpc) is 2.52. The minimum Gasteiger partial charge on any atom is -0.380 e. The first-order valence-electron chi connectivity index (χ1n) is 5.31. The Hall–Kier alpha value is 0.580. The first kappa shape index (κ1) is 14.6. The highest BCUT2D eigenvalue weighted by atomic mass is 79.9.